The molecule has 0 saturated carbocycles. The maximum absolute atomic E-state index is 9.64. The summed E-state index contributed by atoms with van der Waals surface area (Å²) < 4.78 is 5.40. The van der Waals surface area contributed by atoms with Gasteiger partial charge in [0, 0.05) is 6.61 Å². The summed E-state index contributed by atoms with van der Waals surface area (Å²) in [7, 11) is 0. The molecular weight excluding hydrogens is 380 g/mol. The van der Waals surface area contributed by atoms with Crippen LogP contribution in [-0.2, 0) is 4.74 Å². The first kappa shape index (κ1) is 32.8. The number of allylic oxidation sites excluding steroid dienone is 2. The zero-order valence-electron chi connectivity index (χ0n) is 22.3. The minimum Gasteiger partial charge on any atom is -0.393 e. The van der Waals surface area contributed by atoms with E-state index in [9.17, 15) is 5.11 Å². The second-order valence-corrected chi connectivity index (χ2v) is 9.44. The Hall–Kier alpha value is -0.340. The molecule has 31 heavy (non-hydrogen) atoms. The number of aliphatic hydroxyl groups excluding tert-OH is 1. The molecule has 0 saturated heterocycles. The van der Waals surface area contributed by atoms with Gasteiger partial charge in [0.2, 0.25) is 0 Å². The third kappa shape index (κ3) is 34.5. The van der Waals surface area contributed by atoms with Gasteiger partial charge in [0.25, 0.3) is 0 Å². The van der Waals surface area contributed by atoms with Gasteiger partial charge >= 0.3 is 0 Å². The lowest BCUT2D eigenvalue weighted by molar-refractivity contribution is 0.0440. The van der Waals surface area contributed by atoms with E-state index in [0.29, 0.717) is 6.61 Å². The van der Waals surface area contributed by atoms with Crippen molar-refractivity contribution in [2.75, 3.05) is 6.61 Å². The van der Waals surface area contributed by atoms with Crippen LogP contribution in [0.15, 0.2) is 12.2 Å². The molecule has 0 heterocycles. The Bertz CT molecular complexity index is 325. The fourth-order valence-corrected chi connectivity index (χ4v) is 3.53. The third-order valence-corrected chi connectivity index (χ3v) is 5.66. The Balaban J connectivity index is 0. The van der Waals surface area contributed by atoms with Crippen LogP contribution in [0.4, 0.5) is 0 Å². The number of unbranched alkanes of at least 4 members (excludes halogenated alkanes) is 14. The molecule has 1 atom stereocenters. The van der Waals surface area contributed by atoms with Gasteiger partial charge in [0.1, 0.15) is 0 Å². The highest BCUT2D eigenvalue weighted by Gasteiger charge is 2.04. The van der Waals surface area contributed by atoms with Gasteiger partial charge in [-0.15, -0.1) is 0 Å². The van der Waals surface area contributed by atoms with Crippen LogP contribution in [-0.4, -0.2) is 23.9 Å². The maximum Gasteiger partial charge on any atom is 0.0562 e. The van der Waals surface area contributed by atoms with E-state index in [2.05, 4.69) is 32.9 Å². The van der Waals surface area contributed by atoms with Crippen molar-refractivity contribution in [3.8, 4) is 0 Å². The van der Waals surface area contributed by atoms with E-state index in [-0.39, 0.29) is 12.2 Å². The van der Waals surface area contributed by atoms with Crippen molar-refractivity contribution in [3.05, 3.63) is 12.2 Å². The molecule has 188 valence electrons. The van der Waals surface area contributed by atoms with Crippen LogP contribution in [0.25, 0.3) is 0 Å². The van der Waals surface area contributed by atoms with E-state index < -0.39 is 0 Å². The van der Waals surface area contributed by atoms with E-state index in [1.165, 1.54) is 103 Å². The molecule has 0 fully saturated rings. The van der Waals surface area contributed by atoms with E-state index in [0.717, 1.165) is 19.3 Å². The first-order valence-corrected chi connectivity index (χ1v) is 14.0. The van der Waals surface area contributed by atoms with Crippen molar-refractivity contribution < 1.29 is 9.84 Å². The van der Waals surface area contributed by atoms with Crippen LogP contribution in [0.5, 0.6) is 0 Å². The van der Waals surface area contributed by atoms with Gasteiger partial charge in [-0.05, 0) is 52.4 Å². The molecule has 1 N–H and O–H groups in total. The van der Waals surface area contributed by atoms with Gasteiger partial charge in [-0.2, -0.15) is 0 Å². The minimum absolute atomic E-state index is 0.162. The summed E-state index contributed by atoms with van der Waals surface area (Å²) in [5.41, 5.74) is 0. The van der Waals surface area contributed by atoms with Gasteiger partial charge in [0.05, 0.1) is 12.2 Å². The second-order valence-electron chi connectivity index (χ2n) is 9.44. The van der Waals surface area contributed by atoms with Crippen molar-refractivity contribution in [1.82, 2.24) is 0 Å². The number of hydrogen-bond donors (Lipinski definition) is 1. The average Bonchev–Trinajstić information content (AvgIpc) is 2.74. The first-order valence-electron chi connectivity index (χ1n) is 14.0. The molecule has 0 bridgehead atoms. The minimum atomic E-state index is -0.162. The zero-order chi connectivity index (χ0) is 23.4. The molecule has 0 spiro atoms. The molecule has 0 aliphatic carbocycles. The summed E-state index contributed by atoms with van der Waals surface area (Å²) in [5, 5.41) is 9.64. The van der Waals surface area contributed by atoms with Gasteiger partial charge < -0.3 is 9.84 Å². The summed E-state index contributed by atoms with van der Waals surface area (Å²) in [4.78, 5) is 0. The third-order valence-electron chi connectivity index (χ3n) is 5.66. The average molecular weight is 441 g/mol. The summed E-state index contributed by atoms with van der Waals surface area (Å²) in [6, 6.07) is 0. The van der Waals surface area contributed by atoms with Crippen LogP contribution in [0.3, 0.4) is 0 Å². The Kier molecular flexibility index (Phi) is 31.4. The molecule has 0 radical (unpaired) electrons. The van der Waals surface area contributed by atoms with Crippen molar-refractivity contribution in [3.63, 3.8) is 0 Å². The summed E-state index contributed by atoms with van der Waals surface area (Å²) >= 11 is 0. The molecular formula is C29H60O2. The molecule has 0 aliphatic rings. The maximum atomic E-state index is 9.64. The highest BCUT2D eigenvalue weighted by molar-refractivity contribution is 4.81. The fourth-order valence-electron chi connectivity index (χ4n) is 3.53. The molecule has 0 amide bonds. The SMILES string of the molecule is CCCCCC/C=C\CCCCCCCC.CCCCCCCC(O)CCOC(C)C. The normalized spacial score (nSPS) is 12.4. The molecule has 0 rings (SSSR count). The highest BCUT2D eigenvalue weighted by atomic mass is 16.5. The largest absolute Gasteiger partial charge is 0.393 e. The first-order chi connectivity index (χ1) is 15.1. The summed E-state index contributed by atoms with van der Waals surface area (Å²) in [6.45, 7) is 11.5. The topological polar surface area (TPSA) is 29.5 Å². The number of hydrogen-bond acceptors (Lipinski definition) is 2. The monoisotopic (exact) mass is 440 g/mol. The van der Waals surface area contributed by atoms with Crippen molar-refractivity contribution >= 4 is 0 Å². The molecule has 0 aliphatic heterocycles. The highest BCUT2D eigenvalue weighted by Crippen LogP contribution is 2.10. The molecule has 2 nitrogen and oxygen atoms in total. The van der Waals surface area contributed by atoms with E-state index in [1.807, 2.05) is 13.8 Å². The lowest BCUT2D eigenvalue weighted by atomic mass is 10.1. The standard InChI is InChI=1S/C16H32.C13H28O2/c1-3-5-7-9-11-13-15-16-14-12-10-8-6-4-2;1-4-5-6-7-8-9-13(14)10-11-15-12(2)3/h13,15H,3-12,14,16H2,1-2H3;12-14H,4-11H2,1-3H3/b15-13-;. The number of ether oxygens (including phenoxy) is 1. The Morgan fingerprint density at radius 1 is 0.581 bits per heavy atom. The Morgan fingerprint density at radius 2 is 1.00 bits per heavy atom. The van der Waals surface area contributed by atoms with Crippen LogP contribution < -0.4 is 0 Å². The Morgan fingerprint density at radius 3 is 1.48 bits per heavy atom. The lowest BCUT2D eigenvalue weighted by Crippen LogP contribution is -2.13. The molecule has 1 unspecified atom stereocenters. The van der Waals surface area contributed by atoms with Gasteiger partial charge in [-0.3, -0.25) is 0 Å². The molecule has 0 aromatic rings. The number of aliphatic hydroxyl groups is 1. The quantitative estimate of drug-likeness (QED) is 0.134. The van der Waals surface area contributed by atoms with Crippen LogP contribution in [0.1, 0.15) is 157 Å². The predicted molar refractivity (Wildman–Crippen MR) is 141 cm³/mol. The number of rotatable bonds is 22. The van der Waals surface area contributed by atoms with Gasteiger partial charge in [-0.25, -0.2) is 0 Å². The van der Waals surface area contributed by atoms with Crippen molar-refractivity contribution in [2.24, 2.45) is 0 Å². The summed E-state index contributed by atoms with van der Waals surface area (Å²) in [6.07, 6.45) is 29.6. The lowest BCUT2D eigenvalue weighted by Gasteiger charge is -2.12. The molecule has 0 aromatic carbocycles. The Labute approximate surface area is 197 Å². The molecule has 0 aromatic heterocycles. The van der Waals surface area contributed by atoms with Gasteiger partial charge in [0.15, 0.2) is 0 Å². The zero-order valence-corrected chi connectivity index (χ0v) is 22.3. The predicted octanol–water partition coefficient (Wildman–Crippen LogP) is 9.79. The van der Waals surface area contributed by atoms with Crippen molar-refractivity contribution in [2.45, 2.75) is 169 Å². The van der Waals surface area contributed by atoms with Crippen LogP contribution >= 0.6 is 0 Å². The fraction of sp³-hybridized carbons (Fsp3) is 0.931. The van der Waals surface area contributed by atoms with Crippen LogP contribution in [0, 0.1) is 0 Å². The second kappa shape index (κ2) is 29.7. The van der Waals surface area contributed by atoms with Gasteiger partial charge in [-0.1, -0.05) is 116 Å². The van der Waals surface area contributed by atoms with E-state index in [1.54, 1.807) is 0 Å². The summed E-state index contributed by atoms with van der Waals surface area (Å²) in [5.74, 6) is 0. The van der Waals surface area contributed by atoms with E-state index >= 15 is 0 Å². The smallest absolute Gasteiger partial charge is 0.0562 e. The molecule has 2 heteroatoms. The van der Waals surface area contributed by atoms with Crippen LogP contribution in [0.2, 0.25) is 0 Å². The van der Waals surface area contributed by atoms with E-state index in [4.69, 9.17) is 4.74 Å². The van der Waals surface area contributed by atoms with Crippen molar-refractivity contribution in [1.29, 1.82) is 0 Å².